The van der Waals surface area contributed by atoms with Gasteiger partial charge < -0.3 is 15.1 Å². The van der Waals surface area contributed by atoms with E-state index in [1.54, 1.807) is 29.9 Å². The van der Waals surface area contributed by atoms with E-state index in [4.69, 9.17) is 4.42 Å². The first-order valence-corrected chi connectivity index (χ1v) is 9.92. The summed E-state index contributed by atoms with van der Waals surface area (Å²) >= 11 is 0. The fourth-order valence-electron chi connectivity index (χ4n) is 3.56. The van der Waals surface area contributed by atoms with Crippen molar-refractivity contribution >= 4 is 22.7 Å². The lowest BCUT2D eigenvalue weighted by Crippen LogP contribution is -2.35. The van der Waals surface area contributed by atoms with Crippen LogP contribution in [-0.2, 0) is 7.05 Å². The molecule has 0 aliphatic rings. The van der Waals surface area contributed by atoms with Crippen molar-refractivity contribution in [2.45, 2.75) is 26.8 Å². The number of nitrogens with one attached hydrogen (secondary N) is 2. The number of furan rings is 1. The molecular formula is C22H27FN6O2. The van der Waals surface area contributed by atoms with Gasteiger partial charge in [0.15, 0.2) is 5.82 Å². The molecule has 0 unspecified atom stereocenters. The molecule has 2 aromatic heterocycles. The van der Waals surface area contributed by atoms with Crippen molar-refractivity contribution < 1.29 is 16.5 Å². The summed E-state index contributed by atoms with van der Waals surface area (Å²) in [7, 11) is 1.75. The van der Waals surface area contributed by atoms with Gasteiger partial charge in [0, 0.05) is 32.1 Å². The highest BCUT2D eigenvalue weighted by Crippen LogP contribution is 2.33. The van der Waals surface area contributed by atoms with Crippen LogP contribution in [-0.4, -0.2) is 26.2 Å². The van der Waals surface area contributed by atoms with Crippen molar-refractivity contribution in [2.75, 3.05) is 5.32 Å². The molecule has 0 spiro atoms. The fraction of sp³-hybridized carbons (Fsp3) is 0.273. The zero-order valence-corrected chi connectivity index (χ0v) is 17.7. The number of benzene rings is 2. The zero-order chi connectivity index (χ0) is 22.1. The molecule has 2 N–H and O–H groups in total. The third kappa shape index (κ3) is 4.11. The van der Waals surface area contributed by atoms with Crippen molar-refractivity contribution in [1.29, 1.82) is 0 Å². The van der Waals surface area contributed by atoms with Crippen LogP contribution in [0.2, 0.25) is 0 Å². The van der Waals surface area contributed by atoms with Gasteiger partial charge in [0.1, 0.15) is 17.2 Å². The molecule has 0 aliphatic carbocycles. The largest absolute Gasteiger partial charge is 0.459 e. The molecule has 0 bridgehead atoms. The standard InChI is InChI=1S/C22H23FN6O2.2H2/c1-12(2)19(20-13(3)17-11-15(23)8-9-18(17)31-20)25-22(30)24-16-7-5-6-14(10-16)21-26-27-28-29(21)4;;/h5-12,19H,1-4H3,(H2,24,25,30);2*1H/t19-;;/m1../s1. The monoisotopic (exact) mass is 426 g/mol. The molecule has 4 rings (SSSR count). The van der Waals surface area contributed by atoms with Crippen molar-refractivity contribution in [2.24, 2.45) is 13.0 Å². The Kier molecular flexibility index (Phi) is 5.41. The van der Waals surface area contributed by atoms with Crippen LogP contribution in [0.1, 0.15) is 34.1 Å². The normalized spacial score (nSPS) is 12.3. The van der Waals surface area contributed by atoms with E-state index in [1.165, 1.54) is 12.1 Å². The average Bonchev–Trinajstić information content (AvgIpc) is 3.29. The van der Waals surface area contributed by atoms with Crippen molar-refractivity contribution in [3.05, 3.63) is 59.6 Å². The summed E-state index contributed by atoms with van der Waals surface area (Å²) < 4.78 is 21.2. The molecule has 8 nitrogen and oxygen atoms in total. The number of carbonyl (C=O) groups is 1. The topological polar surface area (TPSA) is 97.9 Å². The third-order valence-corrected chi connectivity index (χ3v) is 5.17. The van der Waals surface area contributed by atoms with E-state index < -0.39 is 0 Å². The maximum absolute atomic E-state index is 13.7. The van der Waals surface area contributed by atoms with E-state index in [0.717, 1.165) is 11.1 Å². The predicted octanol–water partition coefficient (Wildman–Crippen LogP) is 5.08. The molecule has 2 heterocycles. The summed E-state index contributed by atoms with van der Waals surface area (Å²) in [6.07, 6.45) is 0. The second-order valence-corrected chi connectivity index (χ2v) is 7.76. The number of hydrogen-bond acceptors (Lipinski definition) is 5. The molecule has 0 saturated heterocycles. The highest BCUT2D eigenvalue weighted by molar-refractivity contribution is 5.90. The highest BCUT2D eigenvalue weighted by Gasteiger charge is 2.25. The molecular weight excluding hydrogens is 399 g/mol. The number of hydrogen-bond donors (Lipinski definition) is 2. The Bertz CT molecular complexity index is 1260. The molecule has 0 fully saturated rings. The summed E-state index contributed by atoms with van der Waals surface area (Å²) in [5.41, 5.74) is 2.78. The molecule has 164 valence electrons. The molecule has 0 saturated carbocycles. The first-order valence-electron chi connectivity index (χ1n) is 9.92. The number of aromatic nitrogens is 4. The zero-order valence-electron chi connectivity index (χ0n) is 17.7. The maximum atomic E-state index is 13.7. The lowest BCUT2D eigenvalue weighted by molar-refractivity contribution is 0.241. The molecule has 4 aromatic rings. The maximum Gasteiger partial charge on any atom is 0.319 e. The minimum atomic E-state index is -0.387. The average molecular weight is 426 g/mol. The van der Waals surface area contributed by atoms with Gasteiger partial charge in [0.05, 0.1) is 6.04 Å². The summed E-state index contributed by atoms with van der Waals surface area (Å²) in [4.78, 5) is 12.8. The minimum absolute atomic E-state index is 0. The van der Waals surface area contributed by atoms with E-state index in [0.29, 0.717) is 28.2 Å². The fourth-order valence-corrected chi connectivity index (χ4v) is 3.56. The molecule has 9 heteroatoms. The minimum Gasteiger partial charge on any atom is -0.459 e. The Hall–Kier alpha value is -3.75. The van der Waals surface area contributed by atoms with E-state index in [9.17, 15) is 9.18 Å². The van der Waals surface area contributed by atoms with Gasteiger partial charge in [0.25, 0.3) is 0 Å². The second kappa shape index (κ2) is 8.17. The smallest absolute Gasteiger partial charge is 0.319 e. The van der Waals surface area contributed by atoms with Gasteiger partial charge >= 0.3 is 6.03 Å². The first-order chi connectivity index (χ1) is 14.8. The molecule has 2 amide bonds. The molecule has 2 aromatic carbocycles. The Balaban J connectivity index is 0.00000193. The predicted molar refractivity (Wildman–Crippen MR) is 119 cm³/mol. The van der Waals surface area contributed by atoms with Crippen LogP contribution in [0.3, 0.4) is 0 Å². The lowest BCUT2D eigenvalue weighted by atomic mass is 9.98. The van der Waals surface area contributed by atoms with Crippen molar-refractivity contribution in [3.63, 3.8) is 0 Å². The number of fused-ring (bicyclic) bond motifs is 1. The van der Waals surface area contributed by atoms with Gasteiger partial charge in [-0.1, -0.05) is 26.0 Å². The van der Waals surface area contributed by atoms with Gasteiger partial charge in [-0.15, -0.1) is 5.10 Å². The number of anilines is 1. The third-order valence-electron chi connectivity index (χ3n) is 5.17. The van der Waals surface area contributed by atoms with Crippen LogP contribution in [0.25, 0.3) is 22.4 Å². The Labute approximate surface area is 181 Å². The summed E-state index contributed by atoms with van der Waals surface area (Å²) in [5.74, 6) is 0.928. The highest BCUT2D eigenvalue weighted by atomic mass is 19.1. The number of aryl methyl sites for hydroxylation is 2. The van der Waals surface area contributed by atoms with Gasteiger partial charge in [-0.3, -0.25) is 0 Å². The Morgan fingerprint density at radius 2 is 2.03 bits per heavy atom. The van der Waals surface area contributed by atoms with Crippen LogP contribution in [0.15, 0.2) is 46.9 Å². The van der Waals surface area contributed by atoms with Crippen molar-refractivity contribution in [3.8, 4) is 11.4 Å². The second-order valence-electron chi connectivity index (χ2n) is 7.76. The summed E-state index contributed by atoms with van der Waals surface area (Å²) in [6, 6.07) is 10.9. The van der Waals surface area contributed by atoms with Crippen LogP contribution < -0.4 is 10.6 Å². The van der Waals surface area contributed by atoms with E-state index in [1.807, 2.05) is 32.9 Å². The molecule has 31 heavy (non-hydrogen) atoms. The van der Waals surface area contributed by atoms with Crippen LogP contribution in [0.4, 0.5) is 14.9 Å². The number of carbonyl (C=O) groups excluding carboxylic acids is 1. The lowest BCUT2D eigenvalue weighted by Gasteiger charge is -2.21. The van der Waals surface area contributed by atoms with Gasteiger partial charge in [-0.2, -0.15) is 0 Å². The van der Waals surface area contributed by atoms with Gasteiger partial charge in [0.2, 0.25) is 0 Å². The summed E-state index contributed by atoms with van der Waals surface area (Å²) in [5, 5.41) is 18.0. The van der Waals surface area contributed by atoms with Crippen LogP contribution in [0, 0.1) is 18.7 Å². The molecule has 0 aliphatic heterocycles. The first kappa shape index (κ1) is 20.5. The quantitative estimate of drug-likeness (QED) is 0.464. The number of halogens is 1. The Morgan fingerprint density at radius 3 is 2.74 bits per heavy atom. The number of urea groups is 1. The van der Waals surface area contributed by atoms with E-state index in [2.05, 4.69) is 26.2 Å². The van der Waals surface area contributed by atoms with Crippen molar-refractivity contribution in [1.82, 2.24) is 25.5 Å². The van der Waals surface area contributed by atoms with E-state index in [-0.39, 0.29) is 26.7 Å². The van der Waals surface area contributed by atoms with Gasteiger partial charge in [-0.25, -0.2) is 13.9 Å². The molecule has 0 radical (unpaired) electrons. The Morgan fingerprint density at radius 1 is 1.23 bits per heavy atom. The summed E-state index contributed by atoms with van der Waals surface area (Å²) in [6.45, 7) is 5.84. The number of tetrazole rings is 1. The SMILES string of the molecule is Cc1c([C@H](NC(=O)Nc2cccc(-c3nnnn3C)c2)C(C)C)oc2ccc(F)cc12.[HH].[HH]. The molecule has 1 atom stereocenters. The number of rotatable bonds is 5. The number of nitrogens with zero attached hydrogens (tertiary/aromatic N) is 4. The van der Waals surface area contributed by atoms with E-state index >= 15 is 0 Å². The number of amides is 2. The van der Waals surface area contributed by atoms with Gasteiger partial charge in [-0.05, 0) is 53.6 Å². The van der Waals surface area contributed by atoms with Crippen LogP contribution >= 0.6 is 0 Å². The van der Waals surface area contributed by atoms with Crippen LogP contribution in [0.5, 0.6) is 0 Å².